The minimum atomic E-state index is -0.569. The number of aryl methyl sites for hydroxylation is 1. The summed E-state index contributed by atoms with van der Waals surface area (Å²) in [5.74, 6) is 0. The summed E-state index contributed by atoms with van der Waals surface area (Å²) >= 11 is 0. The highest BCUT2D eigenvalue weighted by Crippen LogP contribution is 2.60. The van der Waals surface area contributed by atoms with Crippen molar-refractivity contribution in [3.05, 3.63) is 245 Å². The Morgan fingerprint density at radius 1 is 0.419 bits per heavy atom. The van der Waals surface area contributed by atoms with Gasteiger partial charge in [-0.05, 0) is 109 Å². The monoisotopic (exact) mass is 790 g/mol. The highest BCUT2D eigenvalue weighted by molar-refractivity contribution is 6.93. The maximum Gasteiger partial charge on any atom is 0.333 e. The zero-order valence-corrected chi connectivity index (χ0v) is 35.1. The Labute approximate surface area is 364 Å². The van der Waals surface area contributed by atoms with E-state index in [0.717, 1.165) is 0 Å². The molecule has 3 heteroatoms. The Bertz CT molecular complexity index is 3260. The largest absolute Gasteiger partial charge is 0.376 e. The van der Waals surface area contributed by atoms with Crippen LogP contribution in [0.1, 0.15) is 52.8 Å². The van der Waals surface area contributed by atoms with Crippen molar-refractivity contribution in [2.24, 2.45) is 0 Å². The zero-order valence-electron chi connectivity index (χ0n) is 35.1. The Balaban J connectivity index is 1.18. The van der Waals surface area contributed by atoms with Crippen molar-refractivity contribution in [3.8, 4) is 33.4 Å². The summed E-state index contributed by atoms with van der Waals surface area (Å²) < 4.78 is 0. The molecule has 4 aliphatic rings. The minimum absolute atomic E-state index is 0.120. The average Bonchev–Trinajstić information content (AvgIpc) is 3.56. The summed E-state index contributed by atoms with van der Waals surface area (Å²) in [6, 6.07) is 77.9. The molecule has 3 aliphatic heterocycles. The number of hydrogen-bond donors (Lipinski definition) is 0. The quantitative estimate of drug-likeness (QED) is 0.164. The van der Waals surface area contributed by atoms with E-state index in [1.54, 1.807) is 0 Å². The van der Waals surface area contributed by atoms with E-state index in [1.807, 2.05) is 0 Å². The Kier molecular flexibility index (Phi) is 7.33. The molecule has 0 N–H and O–H groups in total. The van der Waals surface area contributed by atoms with E-state index in [0.29, 0.717) is 0 Å². The molecule has 0 bridgehead atoms. The van der Waals surface area contributed by atoms with Crippen molar-refractivity contribution in [3.63, 3.8) is 0 Å². The number of hydrogen-bond acceptors (Lipinski definition) is 2. The third kappa shape index (κ3) is 4.55. The molecular weight excluding hydrogens is 747 g/mol. The second-order valence-corrected chi connectivity index (χ2v) is 18.1. The van der Waals surface area contributed by atoms with E-state index in [1.165, 1.54) is 112 Å². The predicted octanol–water partition coefficient (Wildman–Crippen LogP) is 13.4. The van der Waals surface area contributed by atoms with Gasteiger partial charge in [-0.3, -0.25) is 0 Å². The molecule has 0 amide bonds. The van der Waals surface area contributed by atoms with Crippen LogP contribution in [0.2, 0.25) is 0 Å². The van der Waals surface area contributed by atoms with Gasteiger partial charge in [-0.1, -0.05) is 196 Å². The first-order valence-corrected chi connectivity index (χ1v) is 22.0. The van der Waals surface area contributed by atoms with Gasteiger partial charge >= 0.3 is 6.85 Å². The van der Waals surface area contributed by atoms with Crippen LogP contribution in [0.3, 0.4) is 0 Å². The molecule has 9 aromatic rings. The fourth-order valence-corrected chi connectivity index (χ4v) is 12.1. The molecule has 0 saturated heterocycles. The van der Waals surface area contributed by atoms with E-state index >= 15 is 0 Å². The summed E-state index contributed by atoms with van der Waals surface area (Å²) in [4.78, 5) is 5.37. The van der Waals surface area contributed by atoms with Crippen LogP contribution in [0.4, 0.5) is 28.4 Å². The smallest absolute Gasteiger partial charge is 0.333 e. The lowest BCUT2D eigenvalue weighted by Gasteiger charge is -2.52. The lowest BCUT2D eigenvalue weighted by molar-refractivity contribution is 0.661. The van der Waals surface area contributed by atoms with Gasteiger partial charge in [0.15, 0.2) is 0 Å². The molecule has 0 aromatic heterocycles. The minimum Gasteiger partial charge on any atom is -0.376 e. The van der Waals surface area contributed by atoms with Crippen LogP contribution in [0, 0.1) is 6.92 Å². The number of benzene rings is 9. The van der Waals surface area contributed by atoms with Gasteiger partial charge < -0.3 is 9.71 Å². The summed E-state index contributed by atoms with van der Waals surface area (Å²) in [5, 5.41) is 0. The van der Waals surface area contributed by atoms with Crippen molar-refractivity contribution in [2.75, 3.05) is 9.71 Å². The Morgan fingerprint density at radius 3 is 1.79 bits per heavy atom. The third-order valence-corrected chi connectivity index (χ3v) is 14.5. The fourth-order valence-electron chi connectivity index (χ4n) is 12.1. The second-order valence-electron chi connectivity index (χ2n) is 18.1. The fraction of sp³-hybridized carbons (Fsp3) is 0.0847. The van der Waals surface area contributed by atoms with Gasteiger partial charge in [0.05, 0.1) is 11.1 Å². The van der Waals surface area contributed by atoms with Gasteiger partial charge in [-0.25, -0.2) is 0 Å². The third-order valence-electron chi connectivity index (χ3n) is 14.5. The van der Waals surface area contributed by atoms with Gasteiger partial charge in [0, 0.05) is 33.7 Å². The van der Waals surface area contributed by atoms with Gasteiger partial charge in [-0.2, -0.15) is 0 Å². The van der Waals surface area contributed by atoms with E-state index < -0.39 is 5.41 Å². The summed E-state index contributed by atoms with van der Waals surface area (Å²) in [6.45, 7) is 7.00. The number of anilines is 5. The molecule has 13 rings (SSSR count). The zero-order chi connectivity index (χ0) is 41.3. The molecule has 9 aromatic carbocycles. The Hall–Kier alpha value is -7.36. The first-order valence-electron chi connectivity index (χ1n) is 22.0. The SMILES string of the molecule is Cc1cc2c3c(c1)N1c4ccccc4C(c4ccccc4)(c4ccccc4)c4cccc(c41)B3N(c1cccc3c1C(C)(C)c1ccccc1-3)c1cc(-c3ccccc3)ccc1-2. The van der Waals surface area contributed by atoms with Gasteiger partial charge in [0.2, 0.25) is 0 Å². The van der Waals surface area contributed by atoms with E-state index in [4.69, 9.17) is 0 Å². The number of rotatable bonds is 4. The molecule has 62 heavy (non-hydrogen) atoms. The molecule has 292 valence electrons. The molecule has 0 fully saturated rings. The Morgan fingerprint density at radius 2 is 1.03 bits per heavy atom. The maximum atomic E-state index is 2.75. The molecule has 0 atom stereocenters. The highest BCUT2D eigenvalue weighted by Gasteiger charge is 2.53. The molecular formula is C59H43BN2. The first kappa shape index (κ1) is 35.4. The molecule has 0 saturated carbocycles. The molecule has 3 heterocycles. The van der Waals surface area contributed by atoms with Crippen LogP contribution in [0.25, 0.3) is 33.4 Å². The number of para-hydroxylation sites is 2. The van der Waals surface area contributed by atoms with Crippen LogP contribution in [0.5, 0.6) is 0 Å². The molecule has 2 nitrogen and oxygen atoms in total. The van der Waals surface area contributed by atoms with Crippen LogP contribution < -0.4 is 20.6 Å². The predicted molar refractivity (Wildman–Crippen MR) is 260 cm³/mol. The van der Waals surface area contributed by atoms with Crippen molar-refractivity contribution in [1.29, 1.82) is 0 Å². The van der Waals surface area contributed by atoms with Crippen molar-refractivity contribution >= 4 is 46.2 Å². The van der Waals surface area contributed by atoms with Gasteiger partial charge in [0.25, 0.3) is 0 Å². The van der Waals surface area contributed by atoms with E-state index in [2.05, 4.69) is 237 Å². The molecule has 0 radical (unpaired) electrons. The second kappa shape index (κ2) is 12.8. The topological polar surface area (TPSA) is 6.48 Å². The lowest BCUT2D eigenvalue weighted by atomic mass is 9.42. The average molecular weight is 791 g/mol. The van der Waals surface area contributed by atoms with Crippen molar-refractivity contribution in [1.82, 2.24) is 0 Å². The van der Waals surface area contributed by atoms with Crippen LogP contribution in [0.15, 0.2) is 206 Å². The first-order chi connectivity index (χ1) is 30.5. The van der Waals surface area contributed by atoms with Crippen LogP contribution >= 0.6 is 0 Å². The summed E-state index contributed by atoms with van der Waals surface area (Å²) in [5.41, 5.74) is 24.9. The standard InChI is InChI=1S/C59H43BN2/c1-38-35-46-44-34-33-40(39-19-7-4-8-20-39)37-53(44)62(52-32-17-26-45-43-25-13-14-27-47(43)58(2,3)55(45)52)60-50-30-18-29-49-57(50)61(54(36-38)56(46)60)51-31-16-15-28-48(51)59(49,41-21-9-5-10-22-41)42-23-11-6-12-24-42/h4-37H,1-3H3. The molecule has 0 spiro atoms. The molecule has 1 aliphatic carbocycles. The highest BCUT2D eigenvalue weighted by atomic mass is 15.2. The number of nitrogens with zero attached hydrogens (tertiary/aromatic N) is 2. The van der Waals surface area contributed by atoms with Crippen molar-refractivity contribution in [2.45, 2.75) is 31.6 Å². The lowest BCUT2D eigenvalue weighted by Crippen LogP contribution is -2.63. The van der Waals surface area contributed by atoms with Crippen LogP contribution in [-0.4, -0.2) is 6.85 Å². The van der Waals surface area contributed by atoms with E-state index in [9.17, 15) is 0 Å². The van der Waals surface area contributed by atoms with Gasteiger partial charge in [-0.15, -0.1) is 0 Å². The normalized spacial score (nSPS) is 15.2. The summed E-state index contributed by atoms with van der Waals surface area (Å²) in [7, 11) is 0. The summed E-state index contributed by atoms with van der Waals surface area (Å²) in [6.07, 6.45) is 0. The maximum absolute atomic E-state index is 2.75. The molecule has 0 unspecified atom stereocenters. The van der Waals surface area contributed by atoms with Gasteiger partial charge in [0.1, 0.15) is 0 Å². The number of fused-ring (bicyclic) bond motifs is 9. The van der Waals surface area contributed by atoms with Crippen molar-refractivity contribution < 1.29 is 0 Å². The van der Waals surface area contributed by atoms with E-state index in [-0.39, 0.29) is 12.3 Å². The van der Waals surface area contributed by atoms with Crippen LogP contribution in [-0.2, 0) is 10.8 Å².